The van der Waals surface area contributed by atoms with Gasteiger partial charge in [-0.25, -0.2) is 9.50 Å². The fourth-order valence-electron chi connectivity index (χ4n) is 3.53. The number of nitrogens with zero attached hydrogens (tertiary/aromatic N) is 4. The monoisotopic (exact) mass is 457 g/mol. The van der Waals surface area contributed by atoms with E-state index in [-0.39, 0.29) is 6.61 Å². The summed E-state index contributed by atoms with van der Waals surface area (Å²) in [5.74, 6) is -0.584. The average molecular weight is 457 g/mol. The zero-order chi connectivity index (χ0) is 18.0. The first-order chi connectivity index (χ1) is 11.8. The highest BCUT2D eigenvalue weighted by molar-refractivity contribution is 14.1. The molecule has 0 unspecified atom stereocenters. The smallest absolute Gasteiger partial charge is 0.226 e. The summed E-state index contributed by atoms with van der Waals surface area (Å²) in [5, 5.41) is 24.0. The van der Waals surface area contributed by atoms with Crippen LogP contribution in [0.2, 0.25) is 0 Å². The van der Waals surface area contributed by atoms with E-state index in [0.717, 1.165) is 3.57 Å². The maximum absolute atomic E-state index is 10.1. The Hall–Kier alpha value is -1.52. The molecule has 4 heterocycles. The number of hydrogen-bond donors (Lipinski definition) is 2. The molecular weight excluding hydrogens is 441 g/mol. The topological polar surface area (TPSA) is 128 Å². The van der Waals surface area contributed by atoms with Crippen molar-refractivity contribution in [3.63, 3.8) is 0 Å². The van der Waals surface area contributed by atoms with Crippen LogP contribution >= 0.6 is 22.6 Å². The number of ether oxygens (including phenoxy) is 3. The van der Waals surface area contributed by atoms with E-state index in [1.54, 1.807) is 24.4 Å². The zero-order valence-corrected chi connectivity index (χ0v) is 15.7. The highest BCUT2D eigenvalue weighted by Gasteiger charge is 2.65. The Labute approximate surface area is 156 Å². The van der Waals surface area contributed by atoms with E-state index < -0.39 is 29.7 Å². The van der Waals surface area contributed by atoms with Crippen LogP contribution in [-0.4, -0.2) is 50.4 Å². The van der Waals surface area contributed by atoms with Gasteiger partial charge in [-0.05, 0) is 42.5 Å². The first kappa shape index (κ1) is 16.9. The third-order valence-corrected chi connectivity index (χ3v) is 5.32. The molecule has 3 N–H and O–H groups in total. The standard InChI is InChI=1S/C15H16IN5O4/c1-14(2)24-11-8(4-22)23-15(5-17,12(11)25-14)9-3-7(16)10-13(18)19-6-20-21(9)10/h3,6,8,11-12,22H,4H2,1-2H3,(H2,18,19,20)/t8-,11-,12-,15+/m1/s1. The Bertz CT molecular complexity index is 894. The van der Waals surface area contributed by atoms with Crippen LogP contribution in [-0.2, 0) is 19.8 Å². The molecule has 0 aromatic carbocycles. The molecule has 2 aromatic rings. The quantitative estimate of drug-likeness (QED) is 0.626. The lowest BCUT2D eigenvalue weighted by Gasteiger charge is -2.28. The molecule has 10 heteroatoms. The van der Waals surface area contributed by atoms with Gasteiger partial charge in [-0.15, -0.1) is 0 Å². The first-order valence-corrected chi connectivity index (χ1v) is 8.74. The van der Waals surface area contributed by atoms with Gasteiger partial charge in [-0.3, -0.25) is 0 Å². The average Bonchev–Trinajstić information content (AvgIpc) is 3.16. The predicted octanol–water partition coefficient (Wildman–Crippen LogP) is 0.546. The summed E-state index contributed by atoms with van der Waals surface area (Å²) in [7, 11) is 0. The first-order valence-electron chi connectivity index (χ1n) is 7.67. The van der Waals surface area contributed by atoms with Crippen molar-refractivity contribution >= 4 is 33.9 Å². The number of nitrogens with two attached hydrogens (primary N) is 1. The summed E-state index contributed by atoms with van der Waals surface area (Å²) in [6, 6.07) is 4.00. The molecule has 2 aliphatic heterocycles. The van der Waals surface area contributed by atoms with E-state index in [0.29, 0.717) is 17.0 Å². The normalized spacial score (nSPS) is 33.5. The minimum absolute atomic E-state index is 0.290. The molecule has 2 aromatic heterocycles. The van der Waals surface area contributed by atoms with Crippen LogP contribution in [0.15, 0.2) is 12.4 Å². The number of anilines is 1. The maximum atomic E-state index is 10.1. The number of rotatable bonds is 2. The summed E-state index contributed by atoms with van der Waals surface area (Å²) in [4.78, 5) is 4.00. The number of aliphatic hydroxyl groups is 1. The van der Waals surface area contributed by atoms with Gasteiger partial charge in [0.15, 0.2) is 11.6 Å². The molecule has 4 rings (SSSR count). The second-order valence-electron chi connectivity index (χ2n) is 6.49. The van der Waals surface area contributed by atoms with Crippen molar-refractivity contribution in [1.29, 1.82) is 5.26 Å². The van der Waals surface area contributed by atoms with Gasteiger partial charge < -0.3 is 25.1 Å². The predicted molar refractivity (Wildman–Crippen MR) is 93.2 cm³/mol. The summed E-state index contributed by atoms with van der Waals surface area (Å²) in [6.07, 6.45) is -0.649. The Morgan fingerprint density at radius 2 is 2.20 bits per heavy atom. The van der Waals surface area contributed by atoms with Crippen LogP contribution in [0.4, 0.5) is 5.82 Å². The number of nitrogen functional groups attached to an aromatic ring is 1. The van der Waals surface area contributed by atoms with Crippen LogP contribution in [0.5, 0.6) is 0 Å². The second kappa shape index (κ2) is 5.49. The van der Waals surface area contributed by atoms with Gasteiger partial charge in [-0.2, -0.15) is 10.4 Å². The van der Waals surface area contributed by atoms with E-state index in [1.165, 1.54) is 6.33 Å². The third kappa shape index (κ3) is 2.27. The van der Waals surface area contributed by atoms with Crippen molar-refractivity contribution in [3.05, 3.63) is 21.7 Å². The lowest BCUT2D eigenvalue weighted by molar-refractivity contribution is -0.204. The van der Waals surface area contributed by atoms with Crippen molar-refractivity contribution < 1.29 is 19.3 Å². The van der Waals surface area contributed by atoms with Crippen molar-refractivity contribution in [2.45, 2.75) is 43.5 Å². The van der Waals surface area contributed by atoms with Gasteiger partial charge in [0, 0.05) is 3.57 Å². The summed E-state index contributed by atoms with van der Waals surface area (Å²) < 4.78 is 20.1. The Kier molecular flexibility index (Phi) is 3.71. The fourth-order valence-corrected chi connectivity index (χ4v) is 4.33. The Balaban J connectivity index is 1.94. The minimum Gasteiger partial charge on any atom is -0.394 e. The molecule has 2 saturated heterocycles. The Morgan fingerprint density at radius 1 is 1.44 bits per heavy atom. The molecule has 9 nitrogen and oxygen atoms in total. The largest absolute Gasteiger partial charge is 0.394 e. The highest BCUT2D eigenvalue weighted by Crippen LogP contribution is 2.49. The van der Waals surface area contributed by atoms with Gasteiger partial charge >= 0.3 is 0 Å². The van der Waals surface area contributed by atoms with Crippen molar-refractivity contribution in [2.24, 2.45) is 0 Å². The van der Waals surface area contributed by atoms with Gasteiger partial charge in [0.05, 0.1) is 12.3 Å². The molecule has 25 heavy (non-hydrogen) atoms. The second-order valence-corrected chi connectivity index (χ2v) is 7.65. The fraction of sp³-hybridized carbons (Fsp3) is 0.533. The van der Waals surface area contributed by atoms with Crippen LogP contribution in [0.25, 0.3) is 5.52 Å². The summed E-state index contributed by atoms with van der Waals surface area (Å²) >= 11 is 2.11. The molecule has 0 radical (unpaired) electrons. The number of nitriles is 1. The van der Waals surface area contributed by atoms with Gasteiger partial charge in [0.25, 0.3) is 0 Å². The van der Waals surface area contributed by atoms with Crippen molar-refractivity contribution in [3.8, 4) is 6.07 Å². The molecule has 0 spiro atoms. The Morgan fingerprint density at radius 3 is 2.88 bits per heavy atom. The van der Waals surface area contributed by atoms with E-state index >= 15 is 0 Å². The number of aromatic nitrogens is 3. The number of fused-ring (bicyclic) bond motifs is 2. The van der Waals surface area contributed by atoms with E-state index in [1.807, 2.05) is 0 Å². The maximum Gasteiger partial charge on any atom is 0.226 e. The minimum atomic E-state index is -1.49. The van der Waals surface area contributed by atoms with E-state index in [4.69, 9.17) is 19.9 Å². The summed E-state index contributed by atoms with van der Waals surface area (Å²) in [5.41, 5.74) is 5.54. The molecule has 2 fully saturated rings. The molecule has 132 valence electrons. The van der Waals surface area contributed by atoms with E-state index in [2.05, 4.69) is 38.7 Å². The number of halogens is 1. The molecule has 0 amide bonds. The summed E-state index contributed by atoms with van der Waals surface area (Å²) in [6.45, 7) is 3.24. The lowest BCUT2D eigenvalue weighted by atomic mass is 9.92. The lowest BCUT2D eigenvalue weighted by Crippen LogP contribution is -2.40. The van der Waals surface area contributed by atoms with Gasteiger partial charge in [0.2, 0.25) is 5.60 Å². The molecule has 0 aliphatic carbocycles. The van der Waals surface area contributed by atoms with Crippen LogP contribution < -0.4 is 5.73 Å². The van der Waals surface area contributed by atoms with Crippen molar-refractivity contribution in [2.75, 3.05) is 12.3 Å². The molecule has 2 aliphatic rings. The highest BCUT2D eigenvalue weighted by atomic mass is 127. The van der Waals surface area contributed by atoms with Crippen LogP contribution in [0, 0.1) is 14.9 Å². The van der Waals surface area contributed by atoms with Crippen LogP contribution in [0.3, 0.4) is 0 Å². The van der Waals surface area contributed by atoms with Gasteiger partial charge in [-0.1, -0.05) is 0 Å². The molecule has 0 saturated carbocycles. The SMILES string of the molecule is CC1(C)O[C@H]2[C@@H](O1)[C@](C#N)(c1cc(I)c3c(N)ncnn13)O[C@@H]2CO. The molecular formula is C15H16IN5O4. The van der Waals surface area contributed by atoms with Crippen molar-refractivity contribution in [1.82, 2.24) is 14.6 Å². The number of aliphatic hydroxyl groups excluding tert-OH is 1. The molecule has 0 bridgehead atoms. The number of hydrogen-bond acceptors (Lipinski definition) is 8. The molecule has 4 atom stereocenters. The van der Waals surface area contributed by atoms with E-state index in [9.17, 15) is 10.4 Å². The third-order valence-electron chi connectivity index (χ3n) is 4.50. The van der Waals surface area contributed by atoms with Gasteiger partial charge in [0.1, 0.15) is 36.2 Å². The van der Waals surface area contributed by atoms with Crippen LogP contribution in [0.1, 0.15) is 19.5 Å². The zero-order valence-electron chi connectivity index (χ0n) is 13.5.